The average molecular weight is 224 g/mol. The van der Waals surface area contributed by atoms with Gasteiger partial charge in [0.2, 0.25) is 5.75 Å². The van der Waals surface area contributed by atoms with E-state index in [1.165, 1.54) is 0 Å². The molecule has 2 rings (SSSR count). The van der Waals surface area contributed by atoms with Crippen LogP contribution in [-0.2, 0) is 16.0 Å². The number of carbonyl (C=O) groups is 1. The number of rotatable bonds is 3. The highest BCUT2D eigenvalue weighted by atomic mass is 32.2. The van der Waals surface area contributed by atoms with Crippen molar-refractivity contribution in [3.05, 3.63) is 24.3 Å². The number of nitrogens with zero attached hydrogens (tertiary/aromatic N) is 1. The highest BCUT2D eigenvalue weighted by Crippen LogP contribution is 2.14. The van der Waals surface area contributed by atoms with E-state index in [1.54, 1.807) is 12.1 Å². The lowest BCUT2D eigenvalue weighted by Gasteiger charge is -2.01. The SMILES string of the molecule is O=C(O)C[S+]([O-])c1nc2ccccc2[nH]1. The van der Waals surface area contributed by atoms with Crippen molar-refractivity contribution in [1.82, 2.24) is 9.97 Å². The predicted molar refractivity (Wildman–Crippen MR) is 55.0 cm³/mol. The highest BCUT2D eigenvalue weighted by molar-refractivity contribution is 7.91. The van der Waals surface area contributed by atoms with Gasteiger partial charge in [0.25, 0.3) is 0 Å². The van der Waals surface area contributed by atoms with E-state index in [-0.39, 0.29) is 5.16 Å². The van der Waals surface area contributed by atoms with E-state index in [0.717, 1.165) is 5.52 Å². The quantitative estimate of drug-likeness (QED) is 0.753. The van der Waals surface area contributed by atoms with E-state index >= 15 is 0 Å². The molecule has 0 bridgehead atoms. The van der Waals surface area contributed by atoms with Gasteiger partial charge in [-0.2, -0.15) is 4.98 Å². The fourth-order valence-electron chi connectivity index (χ4n) is 1.22. The smallest absolute Gasteiger partial charge is 0.354 e. The minimum atomic E-state index is -1.61. The van der Waals surface area contributed by atoms with E-state index in [1.807, 2.05) is 12.1 Å². The molecule has 0 aliphatic carbocycles. The molecule has 6 heteroatoms. The largest absolute Gasteiger partial charge is 0.609 e. The number of imidazole rings is 1. The van der Waals surface area contributed by atoms with Crippen LogP contribution in [0.2, 0.25) is 0 Å². The van der Waals surface area contributed by atoms with Gasteiger partial charge in [0.15, 0.2) is 0 Å². The summed E-state index contributed by atoms with van der Waals surface area (Å²) in [6, 6.07) is 7.20. The maximum absolute atomic E-state index is 11.5. The molecule has 1 aromatic carbocycles. The summed E-state index contributed by atoms with van der Waals surface area (Å²) in [5.74, 6) is -1.53. The third-order valence-electron chi connectivity index (χ3n) is 1.84. The molecule has 1 heterocycles. The molecule has 0 saturated heterocycles. The van der Waals surface area contributed by atoms with Gasteiger partial charge in [0.05, 0.1) is 11.0 Å². The van der Waals surface area contributed by atoms with Gasteiger partial charge in [-0.3, -0.25) is 4.98 Å². The van der Waals surface area contributed by atoms with Gasteiger partial charge in [0, 0.05) is 11.2 Å². The molecule has 1 atom stereocenters. The van der Waals surface area contributed by atoms with Crippen molar-refractivity contribution in [2.24, 2.45) is 0 Å². The molecule has 2 N–H and O–H groups in total. The van der Waals surface area contributed by atoms with Crippen LogP contribution in [0.5, 0.6) is 0 Å². The zero-order valence-electron chi connectivity index (χ0n) is 7.64. The first-order chi connectivity index (χ1) is 7.16. The molecule has 0 radical (unpaired) electrons. The molecular formula is C9H8N2O3S. The number of fused-ring (bicyclic) bond motifs is 1. The number of carboxylic acid groups (broad SMARTS) is 1. The summed E-state index contributed by atoms with van der Waals surface area (Å²) in [5.41, 5.74) is 1.44. The van der Waals surface area contributed by atoms with Crippen molar-refractivity contribution in [2.45, 2.75) is 5.16 Å². The molecule has 0 saturated carbocycles. The summed E-state index contributed by atoms with van der Waals surface area (Å²) in [7, 11) is 0. The van der Waals surface area contributed by atoms with E-state index in [4.69, 9.17) is 5.11 Å². The number of aromatic amines is 1. The number of benzene rings is 1. The zero-order valence-corrected chi connectivity index (χ0v) is 8.45. The molecule has 78 valence electrons. The molecule has 15 heavy (non-hydrogen) atoms. The van der Waals surface area contributed by atoms with Crippen LogP contribution >= 0.6 is 0 Å². The van der Waals surface area contributed by atoms with Crippen LogP contribution in [0.15, 0.2) is 29.4 Å². The summed E-state index contributed by atoms with van der Waals surface area (Å²) in [4.78, 5) is 17.2. The Bertz CT molecular complexity index is 464. The molecule has 0 aliphatic heterocycles. The lowest BCUT2D eigenvalue weighted by atomic mass is 10.3. The number of para-hydroxylation sites is 2. The van der Waals surface area contributed by atoms with Crippen LogP contribution in [0, 0.1) is 0 Å². The van der Waals surface area contributed by atoms with E-state index in [0.29, 0.717) is 5.52 Å². The molecule has 1 unspecified atom stereocenters. The number of hydrogen-bond acceptors (Lipinski definition) is 3. The predicted octanol–water partition coefficient (Wildman–Crippen LogP) is 0.755. The summed E-state index contributed by atoms with van der Waals surface area (Å²) in [6.45, 7) is 0. The van der Waals surface area contributed by atoms with Crippen LogP contribution in [0.1, 0.15) is 0 Å². The summed E-state index contributed by atoms with van der Waals surface area (Å²) < 4.78 is 11.5. The van der Waals surface area contributed by atoms with Crippen molar-refractivity contribution in [3.63, 3.8) is 0 Å². The van der Waals surface area contributed by atoms with E-state index in [9.17, 15) is 9.35 Å². The van der Waals surface area contributed by atoms with Crippen LogP contribution in [0.25, 0.3) is 11.0 Å². The molecule has 2 aromatic rings. The summed E-state index contributed by atoms with van der Waals surface area (Å²) in [5, 5.41) is 8.69. The van der Waals surface area contributed by atoms with Crippen molar-refractivity contribution in [2.75, 3.05) is 5.75 Å². The Morgan fingerprint density at radius 3 is 2.93 bits per heavy atom. The fourth-order valence-corrected chi connectivity index (χ4v) is 2.00. The number of hydrogen-bond donors (Lipinski definition) is 2. The van der Waals surface area contributed by atoms with Crippen LogP contribution < -0.4 is 0 Å². The second-order valence-corrected chi connectivity index (χ2v) is 4.31. The van der Waals surface area contributed by atoms with Crippen LogP contribution in [0.3, 0.4) is 0 Å². The number of nitrogens with one attached hydrogen (secondary N) is 1. The fraction of sp³-hybridized carbons (Fsp3) is 0.111. The van der Waals surface area contributed by atoms with Gasteiger partial charge in [-0.25, -0.2) is 4.79 Å². The first-order valence-corrected chi connectivity index (χ1v) is 5.53. The first kappa shape index (κ1) is 10.0. The van der Waals surface area contributed by atoms with Crippen molar-refractivity contribution >= 4 is 28.2 Å². The standard InChI is InChI=1S/C9H8N2O3S/c12-8(13)5-15(14)9-10-6-3-1-2-4-7(6)11-9/h1-4H,5H2,(H,10,11)(H,12,13). The Morgan fingerprint density at radius 2 is 2.27 bits per heavy atom. The maximum atomic E-state index is 11.5. The van der Waals surface area contributed by atoms with Crippen molar-refractivity contribution in [3.8, 4) is 0 Å². The monoisotopic (exact) mass is 224 g/mol. The van der Waals surface area contributed by atoms with Crippen molar-refractivity contribution < 1.29 is 14.5 Å². The van der Waals surface area contributed by atoms with Gasteiger partial charge >= 0.3 is 11.1 Å². The molecule has 0 fully saturated rings. The third kappa shape index (κ3) is 2.11. The van der Waals surface area contributed by atoms with Gasteiger partial charge in [-0.15, -0.1) is 0 Å². The Balaban J connectivity index is 2.32. The van der Waals surface area contributed by atoms with Crippen LogP contribution in [-0.4, -0.2) is 31.3 Å². The summed E-state index contributed by atoms with van der Waals surface area (Å²) >= 11 is -1.61. The topological polar surface area (TPSA) is 89.0 Å². The molecule has 5 nitrogen and oxygen atoms in total. The lowest BCUT2D eigenvalue weighted by Crippen LogP contribution is -2.16. The second kappa shape index (κ2) is 3.92. The first-order valence-electron chi connectivity index (χ1n) is 4.22. The molecular weight excluding hydrogens is 216 g/mol. The number of H-pyrrole nitrogens is 1. The molecule has 0 spiro atoms. The molecule has 1 aromatic heterocycles. The van der Waals surface area contributed by atoms with E-state index < -0.39 is 22.9 Å². The highest BCUT2D eigenvalue weighted by Gasteiger charge is 2.19. The third-order valence-corrected chi connectivity index (χ3v) is 2.97. The van der Waals surface area contributed by atoms with Gasteiger partial charge in [0.1, 0.15) is 0 Å². The normalized spacial score (nSPS) is 12.9. The van der Waals surface area contributed by atoms with E-state index in [2.05, 4.69) is 9.97 Å². The second-order valence-electron chi connectivity index (χ2n) is 2.94. The summed E-state index contributed by atoms with van der Waals surface area (Å²) in [6.07, 6.45) is 0. The minimum absolute atomic E-state index is 0.207. The number of aliphatic carboxylic acids is 1. The van der Waals surface area contributed by atoms with Gasteiger partial charge in [-0.05, 0) is 12.1 Å². The minimum Gasteiger partial charge on any atom is -0.609 e. The molecule has 0 aliphatic rings. The Morgan fingerprint density at radius 1 is 1.53 bits per heavy atom. The Labute approximate surface area is 88.3 Å². The maximum Gasteiger partial charge on any atom is 0.354 e. The van der Waals surface area contributed by atoms with Crippen LogP contribution in [0.4, 0.5) is 0 Å². The zero-order chi connectivity index (χ0) is 10.8. The lowest BCUT2D eigenvalue weighted by molar-refractivity contribution is -0.134. The molecule has 0 amide bonds. The van der Waals surface area contributed by atoms with Crippen molar-refractivity contribution in [1.29, 1.82) is 0 Å². The number of carboxylic acids is 1. The Hall–Kier alpha value is -1.53. The van der Waals surface area contributed by atoms with Gasteiger partial charge in [-0.1, -0.05) is 12.1 Å². The number of aromatic nitrogens is 2. The average Bonchev–Trinajstić information content (AvgIpc) is 2.59. The van der Waals surface area contributed by atoms with Gasteiger partial charge < -0.3 is 9.66 Å². The Kier molecular flexibility index (Phi) is 2.61.